The van der Waals surface area contributed by atoms with E-state index < -0.39 is 41.6 Å². The fourth-order valence-corrected chi connectivity index (χ4v) is 2.29. The van der Waals surface area contributed by atoms with Crippen LogP contribution in [-0.2, 0) is 14.3 Å². The van der Waals surface area contributed by atoms with Crippen molar-refractivity contribution in [3.8, 4) is 0 Å². The van der Waals surface area contributed by atoms with Gasteiger partial charge in [-0.3, -0.25) is 9.59 Å². The molecule has 9 nitrogen and oxygen atoms in total. The average Bonchev–Trinajstić information content (AvgIpc) is 2.42. The molecule has 9 heteroatoms. The number of aliphatic hydroxyl groups is 4. The molecule has 0 aliphatic carbocycles. The molecule has 3 saturated heterocycles. The molecule has 21 heavy (non-hydrogen) atoms. The van der Waals surface area contributed by atoms with Crippen molar-refractivity contribution < 1.29 is 34.8 Å². The largest absolute Gasteiger partial charge is 0.393 e. The molecule has 0 saturated carbocycles. The van der Waals surface area contributed by atoms with E-state index in [1.165, 1.54) is 0 Å². The van der Waals surface area contributed by atoms with Crippen molar-refractivity contribution in [3.63, 3.8) is 0 Å². The molecule has 0 unspecified atom stereocenters. The van der Waals surface area contributed by atoms with Gasteiger partial charge >= 0.3 is 0 Å². The van der Waals surface area contributed by atoms with Gasteiger partial charge in [0.15, 0.2) is 0 Å². The van der Waals surface area contributed by atoms with Gasteiger partial charge < -0.3 is 35.8 Å². The van der Waals surface area contributed by atoms with Crippen LogP contribution in [0.3, 0.4) is 0 Å². The predicted octanol–water partition coefficient (Wildman–Crippen LogP) is -3.30. The average molecular weight is 302 g/mol. The van der Waals surface area contributed by atoms with E-state index in [4.69, 9.17) is 9.84 Å². The molecular formula is C12H18N2O7. The van der Waals surface area contributed by atoms with E-state index in [1.54, 1.807) is 0 Å². The highest BCUT2D eigenvalue weighted by Crippen LogP contribution is 2.32. The maximum absolute atomic E-state index is 12.2. The number of ether oxygens (including phenoxy) is 1. The van der Waals surface area contributed by atoms with Crippen molar-refractivity contribution in [2.24, 2.45) is 0 Å². The van der Waals surface area contributed by atoms with Crippen molar-refractivity contribution in [2.75, 3.05) is 13.2 Å². The third-order valence-corrected chi connectivity index (χ3v) is 3.80. The highest BCUT2D eigenvalue weighted by molar-refractivity contribution is 6.02. The summed E-state index contributed by atoms with van der Waals surface area (Å²) >= 11 is 0. The van der Waals surface area contributed by atoms with Gasteiger partial charge in [0.05, 0.1) is 13.2 Å². The molecule has 6 N–H and O–H groups in total. The Hall–Kier alpha value is -1.52. The molecule has 3 heterocycles. The number of carbonyl (C=O) groups is 2. The van der Waals surface area contributed by atoms with E-state index in [1.807, 2.05) is 5.32 Å². The van der Waals surface area contributed by atoms with Gasteiger partial charge in [0.1, 0.15) is 11.7 Å². The Morgan fingerprint density at radius 2 is 2.05 bits per heavy atom. The number of nitrogens with one attached hydrogen (secondary N) is 2. The Morgan fingerprint density at radius 1 is 1.43 bits per heavy atom. The van der Waals surface area contributed by atoms with E-state index in [0.29, 0.717) is 0 Å². The summed E-state index contributed by atoms with van der Waals surface area (Å²) < 4.78 is 5.27. The Morgan fingerprint density at radius 3 is 2.62 bits per heavy atom. The van der Waals surface area contributed by atoms with Gasteiger partial charge in [-0.25, -0.2) is 0 Å². The normalized spacial score (nSPS) is 37.1. The standard InChI is InChI=1S/C12H18N2O7/c1-6-3-4-21-12(7(16)10(2,19)5-15)9(18)13-11(6,20)8(17)14-12/h7,15-16,19-20H,1,3-5H2,2H3,(H,13,18)(H,14,17)/t7-,10-,11+,12+/m0/s1. The molecule has 0 radical (unpaired) electrons. The topological polar surface area (TPSA) is 148 Å². The van der Waals surface area contributed by atoms with Gasteiger partial charge in [0.25, 0.3) is 17.5 Å². The van der Waals surface area contributed by atoms with Crippen LogP contribution in [0.5, 0.6) is 0 Å². The van der Waals surface area contributed by atoms with Crippen LogP contribution < -0.4 is 10.6 Å². The van der Waals surface area contributed by atoms with Gasteiger partial charge in [-0.1, -0.05) is 6.58 Å². The third-order valence-electron chi connectivity index (χ3n) is 3.80. The molecule has 0 aromatic heterocycles. The lowest BCUT2D eigenvalue weighted by atomic mass is 9.85. The number of rotatable bonds is 3. The number of aliphatic hydroxyl groups excluding tert-OH is 2. The number of piperazine rings is 1. The summed E-state index contributed by atoms with van der Waals surface area (Å²) in [6.07, 6.45) is -1.91. The Labute approximate surface area is 120 Å². The van der Waals surface area contributed by atoms with Gasteiger partial charge in [-0.05, 0) is 18.9 Å². The fraction of sp³-hybridized carbons (Fsp3) is 0.667. The maximum Gasteiger partial charge on any atom is 0.280 e. The molecule has 3 aliphatic rings. The first-order valence-corrected chi connectivity index (χ1v) is 6.31. The number of hydrogen-bond donors (Lipinski definition) is 6. The molecule has 3 fully saturated rings. The molecular weight excluding hydrogens is 284 g/mol. The van der Waals surface area contributed by atoms with Crippen LogP contribution in [0.1, 0.15) is 13.3 Å². The number of hydrogen-bond acceptors (Lipinski definition) is 7. The quantitative estimate of drug-likeness (QED) is 0.299. The van der Waals surface area contributed by atoms with Gasteiger partial charge in [-0.15, -0.1) is 0 Å². The second kappa shape index (κ2) is 4.75. The predicted molar refractivity (Wildman–Crippen MR) is 67.4 cm³/mol. The van der Waals surface area contributed by atoms with Crippen LogP contribution in [0.4, 0.5) is 0 Å². The molecule has 0 spiro atoms. The molecule has 118 valence electrons. The summed E-state index contributed by atoms with van der Waals surface area (Å²) in [4.78, 5) is 24.3. The first kappa shape index (κ1) is 15.9. The van der Waals surface area contributed by atoms with Gasteiger partial charge in [0, 0.05) is 0 Å². The Kier molecular flexibility index (Phi) is 3.59. The number of fused-ring (bicyclic) bond motifs is 5. The fourth-order valence-electron chi connectivity index (χ4n) is 2.29. The van der Waals surface area contributed by atoms with Crippen LogP contribution in [0.2, 0.25) is 0 Å². The molecule has 0 aromatic carbocycles. The van der Waals surface area contributed by atoms with E-state index >= 15 is 0 Å². The van der Waals surface area contributed by atoms with Crippen LogP contribution >= 0.6 is 0 Å². The SMILES string of the molecule is C=C1CCO[C@@]2([C@@H](O)[C@@](C)(O)CO)NC(=O)[C@@]1(O)NC2=O. The zero-order valence-corrected chi connectivity index (χ0v) is 11.4. The van der Waals surface area contributed by atoms with E-state index in [2.05, 4.69) is 11.9 Å². The summed E-state index contributed by atoms with van der Waals surface area (Å²) in [6.45, 7) is 3.59. The lowest BCUT2D eigenvalue weighted by Crippen LogP contribution is -2.82. The highest BCUT2D eigenvalue weighted by atomic mass is 16.5. The van der Waals surface area contributed by atoms with Crippen molar-refractivity contribution in [2.45, 2.75) is 36.5 Å². The zero-order chi connectivity index (χ0) is 16.1. The van der Waals surface area contributed by atoms with E-state index in [9.17, 15) is 24.9 Å². The molecule has 3 rings (SSSR count). The van der Waals surface area contributed by atoms with Crippen LogP contribution in [0, 0.1) is 0 Å². The van der Waals surface area contributed by atoms with Crippen LogP contribution in [-0.4, -0.2) is 68.6 Å². The van der Waals surface area contributed by atoms with Crippen molar-refractivity contribution >= 4 is 11.8 Å². The van der Waals surface area contributed by atoms with E-state index in [0.717, 1.165) is 6.92 Å². The molecule has 2 bridgehead atoms. The molecule has 0 aromatic rings. The van der Waals surface area contributed by atoms with Crippen molar-refractivity contribution in [3.05, 3.63) is 12.2 Å². The van der Waals surface area contributed by atoms with Crippen molar-refractivity contribution in [1.82, 2.24) is 10.6 Å². The molecule has 2 amide bonds. The van der Waals surface area contributed by atoms with Crippen molar-refractivity contribution in [1.29, 1.82) is 0 Å². The first-order chi connectivity index (χ1) is 9.60. The summed E-state index contributed by atoms with van der Waals surface area (Å²) in [5.41, 5.74) is -6.69. The second-order valence-electron chi connectivity index (χ2n) is 5.47. The summed E-state index contributed by atoms with van der Waals surface area (Å²) in [5.74, 6) is -2.09. The monoisotopic (exact) mass is 302 g/mol. The minimum absolute atomic E-state index is 0.0325. The smallest absolute Gasteiger partial charge is 0.280 e. The Bertz CT molecular complexity index is 506. The van der Waals surface area contributed by atoms with Gasteiger partial charge in [-0.2, -0.15) is 0 Å². The van der Waals surface area contributed by atoms with Crippen LogP contribution in [0.25, 0.3) is 0 Å². The first-order valence-electron chi connectivity index (χ1n) is 6.31. The number of carbonyl (C=O) groups excluding carboxylic acids is 2. The minimum atomic E-state index is -2.31. The summed E-state index contributed by atoms with van der Waals surface area (Å²) in [5, 5.41) is 43.6. The maximum atomic E-state index is 12.2. The zero-order valence-electron chi connectivity index (χ0n) is 11.4. The third kappa shape index (κ3) is 2.14. The van der Waals surface area contributed by atoms with Gasteiger partial charge in [0.2, 0.25) is 5.72 Å². The Balaban J connectivity index is 2.47. The highest BCUT2D eigenvalue weighted by Gasteiger charge is 2.63. The summed E-state index contributed by atoms with van der Waals surface area (Å²) in [7, 11) is 0. The lowest BCUT2D eigenvalue weighted by molar-refractivity contribution is -0.230. The van der Waals surface area contributed by atoms with E-state index in [-0.39, 0.29) is 18.6 Å². The lowest BCUT2D eigenvalue weighted by Gasteiger charge is -2.49. The molecule has 3 aliphatic heterocycles. The molecule has 4 atom stereocenters. The minimum Gasteiger partial charge on any atom is -0.393 e. The second-order valence-corrected chi connectivity index (χ2v) is 5.47. The van der Waals surface area contributed by atoms with Crippen LogP contribution in [0.15, 0.2) is 12.2 Å². The number of amides is 2. The summed E-state index contributed by atoms with van der Waals surface area (Å²) in [6, 6.07) is 0.